The molecule has 0 amide bonds. The molecule has 1 heterocycles. The van der Waals surface area contributed by atoms with Gasteiger partial charge >= 0.3 is 0 Å². The van der Waals surface area contributed by atoms with E-state index in [1.54, 1.807) is 0 Å². The largest absolute Gasteiger partial charge is 0.387 e. The molecule has 94 valence electrons. The van der Waals surface area contributed by atoms with Gasteiger partial charge in [0.2, 0.25) is 0 Å². The maximum Gasteiger partial charge on any atom is 0.0952 e. The van der Waals surface area contributed by atoms with Crippen LogP contribution in [0.25, 0.3) is 10.9 Å². The predicted molar refractivity (Wildman–Crippen MR) is 76.1 cm³/mol. The summed E-state index contributed by atoms with van der Waals surface area (Å²) >= 11 is 0. The fourth-order valence-electron chi connectivity index (χ4n) is 2.02. The van der Waals surface area contributed by atoms with E-state index >= 15 is 0 Å². The summed E-state index contributed by atoms with van der Waals surface area (Å²) in [6.45, 7) is 2.69. The zero-order valence-corrected chi connectivity index (χ0v) is 10.7. The molecule has 0 saturated heterocycles. The number of pyridine rings is 1. The van der Waals surface area contributed by atoms with Crippen molar-refractivity contribution < 1.29 is 0 Å². The zero-order chi connectivity index (χ0) is 13.1. The Balaban J connectivity index is 2.33. The fraction of sp³-hybridized carbons (Fsp3) is 0.286. The summed E-state index contributed by atoms with van der Waals surface area (Å²) in [5.74, 6) is 0.266. The lowest BCUT2D eigenvalue weighted by Gasteiger charge is -2.24. The number of anilines is 1. The molecule has 0 aliphatic carbocycles. The highest BCUT2D eigenvalue weighted by atomic mass is 15.1. The average Bonchev–Trinajstić information content (AvgIpc) is 2.37. The quantitative estimate of drug-likeness (QED) is 0.638. The van der Waals surface area contributed by atoms with Gasteiger partial charge in [-0.15, -0.1) is 0 Å². The summed E-state index contributed by atoms with van der Waals surface area (Å²) in [5, 5.41) is 8.58. The fourth-order valence-corrected chi connectivity index (χ4v) is 2.02. The van der Waals surface area contributed by atoms with E-state index in [-0.39, 0.29) is 11.8 Å². The number of nitrogens with two attached hydrogens (primary N) is 1. The van der Waals surface area contributed by atoms with Gasteiger partial charge in [-0.3, -0.25) is 10.4 Å². The minimum absolute atomic E-state index is 0.0435. The molecule has 0 aliphatic rings. The SMILES string of the molecule is CC(CN(C)c1ccnc2ccccc12)C(=N)N. The molecule has 2 rings (SSSR count). The minimum Gasteiger partial charge on any atom is -0.387 e. The van der Waals surface area contributed by atoms with Gasteiger partial charge in [0.1, 0.15) is 0 Å². The topological polar surface area (TPSA) is 66.0 Å². The van der Waals surface area contributed by atoms with E-state index in [1.165, 1.54) is 0 Å². The van der Waals surface area contributed by atoms with Crippen molar-refractivity contribution in [1.29, 1.82) is 5.41 Å². The molecule has 3 N–H and O–H groups in total. The average molecular weight is 242 g/mol. The molecule has 0 spiro atoms. The van der Waals surface area contributed by atoms with Crippen LogP contribution in [0.15, 0.2) is 36.5 Å². The second kappa shape index (κ2) is 5.04. The number of nitrogens with zero attached hydrogens (tertiary/aromatic N) is 2. The maximum atomic E-state index is 7.46. The molecule has 1 unspecified atom stereocenters. The third kappa shape index (κ3) is 2.42. The lowest BCUT2D eigenvalue weighted by Crippen LogP contribution is -2.32. The molecular formula is C14H18N4. The maximum absolute atomic E-state index is 7.46. The van der Waals surface area contributed by atoms with Gasteiger partial charge in [-0.25, -0.2) is 0 Å². The number of hydrogen-bond acceptors (Lipinski definition) is 3. The van der Waals surface area contributed by atoms with Gasteiger partial charge in [-0.2, -0.15) is 0 Å². The Morgan fingerprint density at radius 3 is 2.83 bits per heavy atom. The first-order chi connectivity index (χ1) is 8.59. The van der Waals surface area contributed by atoms with Crippen molar-refractivity contribution in [1.82, 2.24) is 4.98 Å². The first-order valence-corrected chi connectivity index (χ1v) is 5.98. The monoisotopic (exact) mass is 242 g/mol. The molecule has 2 aromatic rings. The molecular weight excluding hydrogens is 224 g/mol. The van der Waals surface area contributed by atoms with Gasteiger partial charge in [-0.1, -0.05) is 25.1 Å². The molecule has 0 bridgehead atoms. The molecule has 18 heavy (non-hydrogen) atoms. The second-order valence-electron chi connectivity index (χ2n) is 4.58. The Morgan fingerprint density at radius 1 is 1.39 bits per heavy atom. The van der Waals surface area contributed by atoms with Crippen molar-refractivity contribution in [3.8, 4) is 0 Å². The van der Waals surface area contributed by atoms with Crippen molar-refractivity contribution in [2.75, 3.05) is 18.5 Å². The highest BCUT2D eigenvalue weighted by Gasteiger charge is 2.11. The van der Waals surface area contributed by atoms with Crippen LogP contribution in [0.2, 0.25) is 0 Å². The van der Waals surface area contributed by atoms with E-state index in [2.05, 4.69) is 16.0 Å². The lowest BCUT2D eigenvalue weighted by atomic mass is 10.1. The van der Waals surface area contributed by atoms with Crippen LogP contribution >= 0.6 is 0 Å². The molecule has 1 atom stereocenters. The van der Waals surface area contributed by atoms with Crippen LogP contribution in [0.3, 0.4) is 0 Å². The van der Waals surface area contributed by atoms with E-state index in [4.69, 9.17) is 11.1 Å². The standard InChI is InChI=1S/C14H18N4/c1-10(14(15)16)9-18(2)13-7-8-17-12-6-4-3-5-11(12)13/h3-8,10H,9H2,1-2H3,(H3,15,16). The van der Waals surface area contributed by atoms with Gasteiger partial charge < -0.3 is 10.6 Å². The Hall–Kier alpha value is -2.10. The molecule has 4 nitrogen and oxygen atoms in total. The van der Waals surface area contributed by atoms with Gasteiger partial charge in [0.15, 0.2) is 0 Å². The highest BCUT2D eigenvalue weighted by molar-refractivity contribution is 5.91. The van der Waals surface area contributed by atoms with Crippen molar-refractivity contribution in [3.63, 3.8) is 0 Å². The predicted octanol–water partition coefficient (Wildman–Crippen LogP) is 2.24. The molecule has 1 aromatic carbocycles. The third-order valence-electron chi connectivity index (χ3n) is 3.12. The van der Waals surface area contributed by atoms with Crippen LogP contribution in [0.4, 0.5) is 5.69 Å². The van der Waals surface area contributed by atoms with Gasteiger partial charge in [0.25, 0.3) is 0 Å². The van der Waals surface area contributed by atoms with Crippen LogP contribution in [-0.2, 0) is 0 Å². The number of fused-ring (bicyclic) bond motifs is 1. The van der Waals surface area contributed by atoms with Gasteiger partial charge in [0, 0.05) is 36.8 Å². The van der Waals surface area contributed by atoms with Crippen LogP contribution in [0, 0.1) is 11.3 Å². The number of hydrogen-bond donors (Lipinski definition) is 2. The summed E-state index contributed by atoms with van der Waals surface area (Å²) in [5.41, 5.74) is 7.62. The lowest BCUT2D eigenvalue weighted by molar-refractivity contribution is 0.730. The van der Waals surface area contributed by atoms with Crippen LogP contribution in [-0.4, -0.2) is 24.4 Å². The zero-order valence-electron chi connectivity index (χ0n) is 10.7. The highest BCUT2D eigenvalue weighted by Crippen LogP contribution is 2.24. The van der Waals surface area contributed by atoms with Crippen molar-refractivity contribution in [2.24, 2.45) is 11.7 Å². The normalized spacial score (nSPS) is 12.3. The van der Waals surface area contributed by atoms with Crippen LogP contribution < -0.4 is 10.6 Å². The van der Waals surface area contributed by atoms with Gasteiger partial charge in [0.05, 0.1) is 11.4 Å². The number of benzene rings is 1. The number of amidine groups is 1. The Bertz CT molecular complexity index is 559. The van der Waals surface area contributed by atoms with Crippen LogP contribution in [0.1, 0.15) is 6.92 Å². The number of para-hydroxylation sites is 1. The molecule has 4 heteroatoms. The number of rotatable bonds is 4. The Labute approximate surface area is 107 Å². The molecule has 1 aromatic heterocycles. The first kappa shape index (κ1) is 12.4. The smallest absolute Gasteiger partial charge is 0.0952 e. The molecule has 0 radical (unpaired) electrons. The summed E-state index contributed by atoms with van der Waals surface area (Å²) in [6.07, 6.45) is 1.81. The second-order valence-corrected chi connectivity index (χ2v) is 4.58. The first-order valence-electron chi connectivity index (χ1n) is 5.98. The molecule has 0 aliphatic heterocycles. The Kier molecular flexibility index (Phi) is 3.46. The third-order valence-corrected chi connectivity index (χ3v) is 3.12. The van der Waals surface area contributed by atoms with E-state index in [0.29, 0.717) is 0 Å². The molecule has 0 fully saturated rings. The summed E-state index contributed by atoms with van der Waals surface area (Å²) in [7, 11) is 2.02. The van der Waals surface area contributed by atoms with Crippen molar-refractivity contribution >= 4 is 22.4 Å². The van der Waals surface area contributed by atoms with Crippen molar-refractivity contribution in [3.05, 3.63) is 36.5 Å². The minimum atomic E-state index is 0.0435. The summed E-state index contributed by atoms with van der Waals surface area (Å²) < 4.78 is 0. The number of aromatic nitrogens is 1. The number of nitrogens with one attached hydrogen (secondary N) is 1. The van der Waals surface area contributed by atoms with E-state index in [0.717, 1.165) is 23.1 Å². The Morgan fingerprint density at radius 2 is 2.11 bits per heavy atom. The van der Waals surface area contributed by atoms with E-state index in [1.807, 2.05) is 44.4 Å². The van der Waals surface area contributed by atoms with Crippen molar-refractivity contribution in [2.45, 2.75) is 6.92 Å². The summed E-state index contributed by atoms with van der Waals surface area (Å²) in [4.78, 5) is 6.47. The molecule has 0 saturated carbocycles. The van der Waals surface area contributed by atoms with Crippen LogP contribution in [0.5, 0.6) is 0 Å². The van der Waals surface area contributed by atoms with E-state index in [9.17, 15) is 0 Å². The summed E-state index contributed by atoms with van der Waals surface area (Å²) in [6, 6.07) is 10.1. The van der Waals surface area contributed by atoms with E-state index < -0.39 is 0 Å². The van der Waals surface area contributed by atoms with Gasteiger partial charge in [-0.05, 0) is 12.1 Å².